The standard InChI is InChI=1S/C25H23Cl2N3O3/c1-13-7-6-8-14(2)24(13)29-20-10-17-15(12-28-20)9-16(25(31)30(17)3)21-22(26)18(32-4)11-19(33-5)23(21)27/h6-12H,1-5H3,(H,28,29). The number of nitrogens with one attached hydrogen (secondary N) is 1. The molecule has 0 fully saturated rings. The van der Waals surface area contributed by atoms with Crippen LogP contribution in [0.5, 0.6) is 11.5 Å². The van der Waals surface area contributed by atoms with Crippen molar-refractivity contribution in [3.8, 4) is 22.6 Å². The second kappa shape index (κ2) is 8.96. The number of aromatic nitrogens is 2. The van der Waals surface area contributed by atoms with Gasteiger partial charge in [0.05, 0.1) is 35.3 Å². The molecule has 0 aliphatic heterocycles. The van der Waals surface area contributed by atoms with Crippen LogP contribution in [0, 0.1) is 13.8 Å². The molecule has 0 atom stereocenters. The molecule has 1 N–H and O–H groups in total. The first kappa shape index (κ1) is 23.0. The average molecular weight is 484 g/mol. The maximum absolute atomic E-state index is 13.4. The minimum absolute atomic E-state index is 0.237. The van der Waals surface area contributed by atoms with Crippen LogP contribution in [0.25, 0.3) is 22.0 Å². The van der Waals surface area contributed by atoms with Crippen LogP contribution in [0.2, 0.25) is 10.0 Å². The number of fused-ring (bicyclic) bond motifs is 1. The van der Waals surface area contributed by atoms with E-state index in [1.54, 1.807) is 29.9 Å². The minimum atomic E-state index is -0.258. The van der Waals surface area contributed by atoms with E-state index in [1.807, 2.05) is 38.1 Å². The fraction of sp³-hybridized carbons (Fsp3) is 0.200. The molecular weight excluding hydrogens is 461 g/mol. The van der Waals surface area contributed by atoms with Crippen LogP contribution in [-0.4, -0.2) is 23.8 Å². The van der Waals surface area contributed by atoms with Crippen molar-refractivity contribution in [2.75, 3.05) is 19.5 Å². The summed E-state index contributed by atoms with van der Waals surface area (Å²) >= 11 is 13.1. The van der Waals surface area contributed by atoms with Crippen LogP contribution in [0.4, 0.5) is 11.5 Å². The van der Waals surface area contributed by atoms with E-state index in [2.05, 4.69) is 10.3 Å². The molecule has 0 bridgehead atoms. The molecule has 6 nitrogen and oxygen atoms in total. The Morgan fingerprint density at radius 2 is 1.58 bits per heavy atom. The Labute approximate surface area is 201 Å². The van der Waals surface area contributed by atoms with Crippen LogP contribution in [0.3, 0.4) is 0 Å². The number of para-hydroxylation sites is 1. The molecule has 0 amide bonds. The van der Waals surface area contributed by atoms with Gasteiger partial charge in [-0.15, -0.1) is 0 Å². The highest BCUT2D eigenvalue weighted by atomic mass is 35.5. The zero-order chi connectivity index (χ0) is 23.9. The first-order valence-corrected chi connectivity index (χ1v) is 11.0. The number of benzene rings is 2. The molecule has 170 valence electrons. The first-order chi connectivity index (χ1) is 15.8. The molecule has 0 aliphatic carbocycles. The smallest absolute Gasteiger partial charge is 0.258 e. The lowest BCUT2D eigenvalue weighted by Crippen LogP contribution is -2.19. The van der Waals surface area contributed by atoms with Gasteiger partial charge in [-0.1, -0.05) is 41.4 Å². The molecule has 0 spiro atoms. The van der Waals surface area contributed by atoms with Gasteiger partial charge in [-0.2, -0.15) is 0 Å². The molecular formula is C25H23Cl2N3O3. The summed E-state index contributed by atoms with van der Waals surface area (Å²) in [5.74, 6) is 1.37. The van der Waals surface area contributed by atoms with Gasteiger partial charge >= 0.3 is 0 Å². The summed E-state index contributed by atoms with van der Waals surface area (Å²) in [4.78, 5) is 17.9. The van der Waals surface area contributed by atoms with Crippen molar-refractivity contribution < 1.29 is 9.47 Å². The molecule has 2 heterocycles. The minimum Gasteiger partial charge on any atom is -0.495 e. The highest BCUT2D eigenvalue weighted by molar-refractivity contribution is 6.41. The van der Waals surface area contributed by atoms with Crippen molar-refractivity contribution in [1.29, 1.82) is 0 Å². The Balaban J connectivity index is 1.89. The molecule has 33 heavy (non-hydrogen) atoms. The fourth-order valence-corrected chi connectivity index (χ4v) is 4.58. The molecule has 2 aromatic heterocycles. The SMILES string of the molecule is COc1cc(OC)c(Cl)c(-c2cc3cnc(Nc4c(C)cccc4C)cc3n(C)c2=O)c1Cl. The summed E-state index contributed by atoms with van der Waals surface area (Å²) in [5.41, 5.74) is 4.35. The number of hydrogen-bond donors (Lipinski definition) is 1. The summed E-state index contributed by atoms with van der Waals surface area (Å²) in [6, 6.07) is 11.3. The normalized spacial score (nSPS) is 11.0. The van der Waals surface area contributed by atoms with Gasteiger partial charge in [0.2, 0.25) is 0 Å². The predicted molar refractivity (Wildman–Crippen MR) is 135 cm³/mol. The number of methoxy groups -OCH3 is 2. The number of hydrogen-bond acceptors (Lipinski definition) is 5. The zero-order valence-electron chi connectivity index (χ0n) is 18.9. The first-order valence-electron chi connectivity index (χ1n) is 10.2. The van der Waals surface area contributed by atoms with Crippen molar-refractivity contribution in [3.63, 3.8) is 0 Å². The predicted octanol–water partition coefficient (Wildman–Crippen LogP) is 6.28. The van der Waals surface area contributed by atoms with Crippen LogP contribution in [0.15, 0.2) is 47.4 Å². The molecule has 0 unspecified atom stereocenters. The topological polar surface area (TPSA) is 65.4 Å². The van der Waals surface area contributed by atoms with Crippen molar-refractivity contribution in [1.82, 2.24) is 9.55 Å². The van der Waals surface area contributed by atoms with Crippen LogP contribution in [0.1, 0.15) is 11.1 Å². The second-order valence-electron chi connectivity index (χ2n) is 7.73. The Bertz CT molecular complexity index is 1400. The van der Waals surface area contributed by atoms with Gasteiger partial charge < -0.3 is 19.4 Å². The molecule has 2 aromatic carbocycles. The van der Waals surface area contributed by atoms with Gasteiger partial charge in [-0.05, 0) is 31.0 Å². The lowest BCUT2D eigenvalue weighted by Gasteiger charge is -2.16. The Morgan fingerprint density at radius 1 is 0.970 bits per heavy atom. The number of aryl methyl sites for hydroxylation is 3. The quantitative estimate of drug-likeness (QED) is 0.361. The Hall–Kier alpha value is -3.22. The van der Waals surface area contributed by atoms with Gasteiger partial charge in [0, 0.05) is 42.0 Å². The average Bonchev–Trinajstić information content (AvgIpc) is 2.80. The summed E-state index contributed by atoms with van der Waals surface area (Å²) in [6.07, 6.45) is 1.72. The number of ether oxygens (including phenoxy) is 2. The fourth-order valence-electron chi connectivity index (χ4n) is 3.87. The third kappa shape index (κ3) is 4.01. The molecule has 0 saturated carbocycles. The van der Waals surface area contributed by atoms with E-state index in [0.29, 0.717) is 28.4 Å². The second-order valence-corrected chi connectivity index (χ2v) is 8.48. The van der Waals surface area contributed by atoms with Gasteiger partial charge in [-0.25, -0.2) is 4.98 Å². The number of nitrogens with zero attached hydrogens (tertiary/aromatic N) is 2. The van der Waals surface area contributed by atoms with Crippen LogP contribution >= 0.6 is 23.2 Å². The molecule has 0 aliphatic rings. The van der Waals surface area contributed by atoms with E-state index in [1.165, 1.54) is 14.2 Å². The van der Waals surface area contributed by atoms with E-state index in [9.17, 15) is 4.79 Å². The summed E-state index contributed by atoms with van der Waals surface area (Å²) in [5, 5.41) is 4.60. The van der Waals surface area contributed by atoms with Gasteiger partial charge in [0.1, 0.15) is 17.3 Å². The number of pyridine rings is 2. The number of rotatable bonds is 5. The third-order valence-electron chi connectivity index (χ3n) is 5.69. The largest absolute Gasteiger partial charge is 0.495 e. The van der Waals surface area contributed by atoms with Gasteiger partial charge in [0.25, 0.3) is 5.56 Å². The summed E-state index contributed by atoms with van der Waals surface area (Å²) in [6.45, 7) is 4.07. The van der Waals surface area contributed by atoms with Crippen LogP contribution < -0.4 is 20.3 Å². The monoisotopic (exact) mass is 483 g/mol. The molecule has 8 heteroatoms. The van der Waals surface area contributed by atoms with E-state index in [4.69, 9.17) is 32.7 Å². The zero-order valence-corrected chi connectivity index (χ0v) is 20.4. The molecule has 4 rings (SSSR count). The van der Waals surface area contributed by atoms with E-state index in [-0.39, 0.29) is 15.6 Å². The lowest BCUT2D eigenvalue weighted by molar-refractivity contribution is 0.395. The Morgan fingerprint density at radius 3 is 2.15 bits per heavy atom. The van der Waals surface area contributed by atoms with Crippen molar-refractivity contribution in [2.24, 2.45) is 7.05 Å². The summed E-state index contributed by atoms with van der Waals surface area (Å²) in [7, 11) is 4.69. The molecule has 0 saturated heterocycles. The van der Waals surface area contributed by atoms with Crippen molar-refractivity contribution in [3.05, 3.63) is 74.1 Å². The van der Waals surface area contributed by atoms with Crippen molar-refractivity contribution >= 4 is 45.6 Å². The molecule has 0 radical (unpaired) electrons. The van der Waals surface area contributed by atoms with Crippen LogP contribution in [-0.2, 0) is 7.05 Å². The highest BCUT2D eigenvalue weighted by Crippen LogP contribution is 2.45. The van der Waals surface area contributed by atoms with Gasteiger partial charge in [-0.3, -0.25) is 4.79 Å². The van der Waals surface area contributed by atoms with E-state index in [0.717, 1.165) is 27.7 Å². The third-order valence-corrected chi connectivity index (χ3v) is 6.44. The Kier molecular flexibility index (Phi) is 6.23. The lowest BCUT2D eigenvalue weighted by atomic mass is 10.0. The molecule has 4 aromatic rings. The number of anilines is 2. The van der Waals surface area contributed by atoms with Crippen molar-refractivity contribution in [2.45, 2.75) is 13.8 Å². The maximum Gasteiger partial charge on any atom is 0.258 e. The number of halogens is 2. The van der Waals surface area contributed by atoms with E-state index < -0.39 is 0 Å². The maximum atomic E-state index is 13.4. The highest BCUT2D eigenvalue weighted by Gasteiger charge is 2.22. The summed E-state index contributed by atoms with van der Waals surface area (Å²) < 4.78 is 12.3. The van der Waals surface area contributed by atoms with Gasteiger partial charge in [0.15, 0.2) is 0 Å². The van der Waals surface area contributed by atoms with E-state index >= 15 is 0 Å².